The number of amides is 1. The van der Waals surface area contributed by atoms with Gasteiger partial charge in [-0.3, -0.25) is 4.79 Å². The number of nitrogens with two attached hydrogens (primary N) is 1. The van der Waals surface area contributed by atoms with Crippen molar-refractivity contribution >= 4 is 53.1 Å². The lowest BCUT2D eigenvalue weighted by atomic mass is 10.1. The van der Waals surface area contributed by atoms with Gasteiger partial charge >= 0.3 is 0 Å². The highest BCUT2D eigenvalue weighted by atomic mass is 35.5. The van der Waals surface area contributed by atoms with Crippen LogP contribution in [0.1, 0.15) is 29.5 Å². The molecule has 138 valence electrons. The van der Waals surface area contributed by atoms with Gasteiger partial charge in [-0.25, -0.2) is 4.98 Å². The molecule has 1 fully saturated rings. The van der Waals surface area contributed by atoms with E-state index < -0.39 is 0 Å². The third-order valence-corrected chi connectivity index (χ3v) is 4.78. The highest BCUT2D eigenvalue weighted by Crippen LogP contribution is 2.20. The molecule has 0 radical (unpaired) electrons. The number of halogens is 2. The summed E-state index contributed by atoms with van der Waals surface area (Å²) in [6.07, 6.45) is 1.78. The largest absolute Gasteiger partial charge is 0.399 e. The average molecular weight is 404 g/mol. The number of nitrogen functional groups attached to an aromatic ring is 1. The molecule has 0 bridgehead atoms. The molecule has 1 aromatic heterocycles. The van der Waals surface area contributed by atoms with Crippen LogP contribution in [0.5, 0.6) is 0 Å². The van der Waals surface area contributed by atoms with Crippen LogP contribution >= 0.6 is 36.3 Å². The molecule has 25 heavy (non-hydrogen) atoms. The lowest BCUT2D eigenvalue weighted by Gasteiger charge is -2.21. The van der Waals surface area contributed by atoms with Gasteiger partial charge in [-0.2, -0.15) is 4.37 Å². The molecule has 1 aliphatic rings. The third-order valence-electron chi connectivity index (χ3n) is 3.96. The van der Waals surface area contributed by atoms with E-state index in [-0.39, 0.29) is 30.7 Å². The minimum absolute atomic E-state index is 0. The normalized spacial score (nSPS) is 14.3. The summed E-state index contributed by atoms with van der Waals surface area (Å²) >= 11 is 1.44. The van der Waals surface area contributed by atoms with Gasteiger partial charge in [0, 0.05) is 55.4 Å². The summed E-state index contributed by atoms with van der Waals surface area (Å²) in [7, 11) is 0. The molecule has 1 amide bonds. The van der Waals surface area contributed by atoms with Gasteiger partial charge in [0.15, 0.2) is 0 Å². The maximum atomic E-state index is 12.6. The maximum absolute atomic E-state index is 12.6. The number of benzene rings is 1. The summed E-state index contributed by atoms with van der Waals surface area (Å²) in [4.78, 5) is 21.3. The number of carbonyl (C=O) groups excluding carboxylic acids is 1. The highest BCUT2D eigenvalue weighted by Gasteiger charge is 2.22. The molecule has 0 atom stereocenters. The van der Waals surface area contributed by atoms with Gasteiger partial charge in [0.05, 0.1) is 0 Å². The van der Waals surface area contributed by atoms with Gasteiger partial charge < -0.3 is 15.5 Å². The Morgan fingerprint density at radius 1 is 1.24 bits per heavy atom. The van der Waals surface area contributed by atoms with Crippen LogP contribution in [-0.4, -0.2) is 46.3 Å². The van der Waals surface area contributed by atoms with Crippen LogP contribution in [0.25, 0.3) is 0 Å². The number of aryl methyl sites for hydroxylation is 1. The first-order valence-corrected chi connectivity index (χ1v) is 8.67. The van der Waals surface area contributed by atoms with E-state index in [1.807, 2.05) is 17.0 Å². The molecule has 0 unspecified atom stereocenters. The van der Waals surface area contributed by atoms with E-state index >= 15 is 0 Å². The molecule has 1 saturated heterocycles. The SMILES string of the molecule is CCc1nsc(N2CCCN(C(=O)c3cccc(N)c3)CC2)n1.Cl.Cl. The van der Waals surface area contributed by atoms with E-state index in [1.165, 1.54) is 11.5 Å². The zero-order valence-electron chi connectivity index (χ0n) is 14.1. The zero-order chi connectivity index (χ0) is 16.2. The topological polar surface area (TPSA) is 75.4 Å². The van der Waals surface area contributed by atoms with E-state index in [4.69, 9.17) is 5.73 Å². The molecule has 0 spiro atoms. The predicted octanol–water partition coefficient (Wildman–Crippen LogP) is 2.88. The Hall–Kier alpha value is -1.57. The molecular formula is C16H23Cl2N5OS. The minimum Gasteiger partial charge on any atom is -0.399 e. The van der Waals surface area contributed by atoms with Crippen molar-refractivity contribution in [2.24, 2.45) is 0 Å². The number of nitrogens with zero attached hydrogens (tertiary/aromatic N) is 4. The Bertz CT molecular complexity index is 697. The Labute approximate surface area is 164 Å². The summed E-state index contributed by atoms with van der Waals surface area (Å²) in [6.45, 7) is 5.18. The second-order valence-electron chi connectivity index (χ2n) is 5.60. The Morgan fingerprint density at radius 2 is 2.04 bits per heavy atom. The van der Waals surface area contributed by atoms with E-state index in [0.717, 1.165) is 43.4 Å². The van der Waals surface area contributed by atoms with E-state index in [0.29, 0.717) is 17.8 Å². The zero-order valence-corrected chi connectivity index (χ0v) is 16.5. The fraction of sp³-hybridized carbons (Fsp3) is 0.438. The van der Waals surface area contributed by atoms with Crippen LogP contribution in [-0.2, 0) is 6.42 Å². The van der Waals surface area contributed by atoms with Crippen molar-refractivity contribution in [1.82, 2.24) is 14.3 Å². The van der Waals surface area contributed by atoms with Crippen molar-refractivity contribution in [3.05, 3.63) is 35.7 Å². The van der Waals surface area contributed by atoms with Crippen LogP contribution in [0.4, 0.5) is 10.8 Å². The van der Waals surface area contributed by atoms with Crippen molar-refractivity contribution < 1.29 is 4.79 Å². The standard InChI is InChI=1S/C16H21N5OS.2ClH/c1-2-14-18-16(23-19-14)21-8-4-7-20(9-10-21)15(22)12-5-3-6-13(17)11-12;;/h3,5-6,11H,2,4,7-10,17H2,1H3;2*1H. The van der Waals surface area contributed by atoms with Crippen molar-refractivity contribution in [2.75, 3.05) is 36.8 Å². The average Bonchev–Trinajstić information content (AvgIpc) is 2.91. The summed E-state index contributed by atoms with van der Waals surface area (Å²) in [5, 5.41) is 0.958. The maximum Gasteiger partial charge on any atom is 0.253 e. The number of hydrogen-bond acceptors (Lipinski definition) is 6. The second kappa shape index (κ2) is 9.79. The van der Waals surface area contributed by atoms with Gasteiger partial charge in [0.2, 0.25) is 5.13 Å². The number of anilines is 2. The van der Waals surface area contributed by atoms with Crippen molar-refractivity contribution in [2.45, 2.75) is 19.8 Å². The molecule has 0 aliphatic carbocycles. The summed E-state index contributed by atoms with van der Waals surface area (Å²) in [6, 6.07) is 7.17. The van der Waals surface area contributed by atoms with Crippen molar-refractivity contribution in [3.8, 4) is 0 Å². The molecule has 1 aromatic carbocycles. The molecule has 2 aromatic rings. The van der Waals surface area contributed by atoms with Crippen LogP contribution in [0.15, 0.2) is 24.3 Å². The second-order valence-corrected chi connectivity index (χ2v) is 6.34. The van der Waals surface area contributed by atoms with Gasteiger partial charge in [0.25, 0.3) is 5.91 Å². The lowest BCUT2D eigenvalue weighted by molar-refractivity contribution is 0.0767. The number of rotatable bonds is 3. The lowest BCUT2D eigenvalue weighted by Crippen LogP contribution is -2.35. The smallest absolute Gasteiger partial charge is 0.253 e. The predicted molar refractivity (Wildman–Crippen MR) is 107 cm³/mol. The number of aromatic nitrogens is 2. The third kappa shape index (κ3) is 5.20. The molecule has 0 saturated carbocycles. The number of hydrogen-bond donors (Lipinski definition) is 1. The fourth-order valence-corrected chi connectivity index (χ4v) is 3.48. The summed E-state index contributed by atoms with van der Waals surface area (Å²) in [5.74, 6) is 0.938. The van der Waals surface area contributed by atoms with Crippen molar-refractivity contribution in [1.29, 1.82) is 0 Å². The van der Waals surface area contributed by atoms with Crippen LogP contribution in [0, 0.1) is 0 Å². The fourth-order valence-electron chi connectivity index (χ4n) is 2.68. The molecular weight excluding hydrogens is 381 g/mol. The highest BCUT2D eigenvalue weighted by molar-refractivity contribution is 7.09. The summed E-state index contributed by atoms with van der Waals surface area (Å²) < 4.78 is 4.35. The van der Waals surface area contributed by atoms with E-state index in [2.05, 4.69) is 21.2 Å². The van der Waals surface area contributed by atoms with Gasteiger partial charge in [0.1, 0.15) is 5.82 Å². The first kappa shape index (κ1) is 21.5. The Balaban J connectivity index is 0.00000156. The minimum atomic E-state index is 0. The van der Waals surface area contributed by atoms with Crippen LogP contribution in [0.3, 0.4) is 0 Å². The first-order chi connectivity index (χ1) is 11.2. The van der Waals surface area contributed by atoms with Crippen molar-refractivity contribution in [3.63, 3.8) is 0 Å². The van der Waals surface area contributed by atoms with E-state index in [9.17, 15) is 4.79 Å². The molecule has 6 nitrogen and oxygen atoms in total. The quantitative estimate of drug-likeness (QED) is 0.797. The Kier molecular flexibility index (Phi) is 8.41. The first-order valence-electron chi connectivity index (χ1n) is 7.89. The number of carbonyl (C=O) groups is 1. The van der Waals surface area contributed by atoms with E-state index in [1.54, 1.807) is 12.1 Å². The summed E-state index contributed by atoms with van der Waals surface area (Å²) in [5.41, 5.74) is 7.05. The van der Waals surface area contributed by atoms with Crippen LogP contribution in [0.2, 0.25) is 0 Å². The monoisotopic (exact) mass is 403 g/mol. The van der Waals surface area contributed by atoms with Crippen LogP contribution < -0.4 is 10.6 Å². The van der Waals surface area contributed by atoms with Gasteiger partial charge in [-0.05, 0) is 24.6 Å². The molecule has 9 heteroatoms. The molecule has 2 heterocycles. The molecule has 1 aliphatic heterocycles. The molecule has 2 N–H and O–H groups in total. The van der Waals surface area contributed by atoms with Gasteiger partial charge in [-0.15, -0.1) is 24.8 Å². The molecule has 3 rings (SSSR count). The van der Waals surface area contributed by atoms with Gasteiger partial charge in [-0.1, -0.05) is 13.0 Å². The Morgan fingerprint density at radius 3 is 2.72 bits per heavy atom.